The molecule has 112 valence electrons. The van der Waals surface area contributed by atoms with Crippen LogP contribution in [-0.4, -0.2) is 69.5 Å². The van der Waals surface area contributed by atoms with E-state index >= 15 is 0 Å². The van der Waals surface area contributed by atoms with Crippen LogP contribution in [0.25, 0.3) is 0 Å². The minimum Gasteiger partial charge on any atom is -0.397 e. The summed E-state index contributed by atoms with van der Waals surface area (Å²) >= 11 is 0. The van der Waals surface area contributed by atoms with Crippen LogP contribution >= 0.6 is 0 Å². The van der Waals surface area contributed by atoms with E-state index in [4.69, 9.17) is 15.2 Å². The molecule has 0 spiro atoms. The minimum atomic E-state index is 0.663. The Bertz CT molecular complexity index is 377. The zero-order valence-corrected chi connectivity index (χ0v) is 12.1. The van der Waals surface area contributed by atoms with E-state index in [0.717, 1.165) is 45.1 Å². The maximum absolute atomic E-state index is 5.66. The molecule has 6 heteroatoms. The Hall–Kier alpha value is -1.37. The molecule has 0 radical (unpaired) electrons. The maximum Gasteiger partial charge on any atom is 0.128 e. The molecule has 2 rings (SSSR count). The van der Waals surface area contributed by atoms with Gasteiger partial charge in [-0.25, -0.2) is 4.98 Å². The molecule has 1 aromatic heterocycles. The Balaban J connectivity index is 1.66. The molecule has 0 amide bonds. The van der Waals surface area contributed by atoms with Crippen LogP contribution in [0, 0.1) is 0 Å². The van der Waals surface area contributed by atoms with E-state index in [1.165, 1.54) is 0 Å². The van der Waals surface area contributed by atoms with Crippen molar-refractivity contribution in [2.45, 2.75) is 0 Å². The second-order valence-electron chi connectivity index (χ2n) is 4.88. The Kier molecular flexibility index (Phi) is 6.04. The van der Waals surface area contributed by atoms with Crippen molar-refractivity contribution in [3.63, 3.8) is 0 Å². The Labute approximate surface area is 120 Å². The summed E-state index contributed by atoms with van der Waals surface area (Å²) in [5.41, 5.74) is 6.36. The molecule has 1 aliphatic rings. The summed E-state index contributed by atoms with van der Waals surface area (Å²) in [5, 5.41) is 0. The molecular weight excluding hydrogens is 256 g/mol. The molecule has 0 bridgehead atoms. The maximum atomic E-state index is 5.66. The molecule has 0 saturated carbocycles. The molecule has 0 unspecified atom stereocenters. The third-order valence-corrected chi connectivity index (χ3v) is 3.45. The van der Waals surface area contributed by atoms with Gasteiger partial charge in [0.05, 0.1) is 31.7 Å². The third kappa shape index (κ3) is 4.63. The van der Waals surface area contributed by atoms with E-state index in [-0.39, 0.29) is 0 Å². The van der Waals surface area contributed by atoms with Crippen LogP contribution < -0.4 is 10.6 Å². The van der Waals surface area contributed by atoms with Gasteiger partial charge in [0, 0.05) is 39.8 Å². The van der Waals surface area contributed by atoms with Gasteiger partial charge in [0.15, 0.2) is 0 Å². The van der Waals surface area contributed by atoms with Gasteiger partial charge in [0.2, 0.25) is 0 Å². The van der Waals surface area contributed by atoms with Crippen molar-refractivity contribution in [1.82, 2.24) is 9.88 Å². The van der Waals surface area contributed by atoms with Gasteiger partial charge in [0.25, 0.3) is 0 Å². The number of methoxy groups -OCH3 is 1. The fraction of sp³-hybridized carbons (Fsp3) is 0.643. The second-order valence-corrected chi connectivity index (χ2v) is 4.88. The van der Waals surface area contributed by atoms with Crippen molar-refractivity contribution < 1.29 is 9.47 Å². The van der Waals surface area contributed by atoms with E-state index in [1.807, 2.05) is 12.1 Å². The molecule has 2 N–H and O–H groups in total. The summed E-state index contributed by atoms with van der Waals surface area (Å²) in [6.45, 7) is 7.15. The quantitative estimate of drug-likeness (QED) is 0.732. The number of hydrogen-bond acceptors (Lipinski definition) is 6. The largest absolute Gasteiger partial charge is 0.397 e. The molecule has 0 aromatic carbocycles. The van der Waals surface area contributed by atoms with E-state index < -0.39 is 0 Å². The van der Waals surface area contributed by atoms with E-state index in [9.17, 15) is 0 Å². The topological polar surface area (TPSA) is 63.9 Å². The van der Waals surface area contributed by atoms with Gasteiger partial charge >= 0.3 is 0 Å². The van der Waals surface area contributed by atoms with Gasteiger partial charge in [-0.2, -0.15) is 0 Å². The predicted octanol–water partition coefficient (Wildman–Crippen LogP) is 0.449. The first-order chi connectivity index (χ1) is 9.79. The molecular formula is C14H24N4O2. The number of rotatable bonds is 7. The summed E-state index contributed by atoms with van der Waals surface area (Å²) in [6.07, 6.45) is 1.71. The van der Waals surface area contributed by atoms with Gasteiger partial charge in [-0.05, 0) is 12.1 Å². The molecule has 6 nitrogen and oxygen atoms in total. The zero-order valence-electron chi connectivity index (χ0n) is 12.1. The number of nitrogen functional groups attached to an aromatic ring is 1. The van der Waals surface area contributed by atoms with Crippen LogP contribution in [-0.2, 0) is 9.47 Å². The van der Waals surface area contributed by atoms with Crippen molar-refractivity contribution in [3.05, 3.63) is 18.3 Å². The highest BCUT2D eigenvalue weighted by molar-refractivity contribution is 5.46. The zero-order chi connectivity index (χ0) is 14.2. The number of ether oxygens (including phenoxy) is 2. The monoisotopic (exact) mass is 280 g/mol. The number of pyridine rings is 1. The van der Waals surface area contributed by atoms with Crippen molar-refractivity contribution in [2.75, 3.05) is 70.3 Å². The first kappa shape index (κ1) is 15.0. The van der Waals surface area contributed by atoms with Crippen molar-refractivity contribution >= 4 is 11.5 Å². The first-order valence-corrected chi connectivity index (χ1v) is 7.05. The average molecular weight is 280 g/mol. The second kappa shape index (κ2) is 8.04. The predicted molar refractivity (Wildman–Crippen MR) is 80.0 cm³/mol. The number of piperazine rings is 1. The fourth-order valence-corrected chi connectivity index (χ4v) is 2.22. The Morgan fingerprint density at radius 3 is 2.60 bits per heavy atom. The number of aromatic nitrogens is 1. The van der Waals surface area contributed by atoms with E-state index in [0.29, 0.717) is 18.9 Å². The molecule has 0 atom stereocenters. The number of nitrogens with zero attached hydrogens (tertiary/aromatic N) is 3. The van der Waals surface area contributed by atoms with Gasteiger partial charge in [-0.3, -0.25) is 4.90 Å². The Morgan fingerprint density at radius 2 is 1.95 bits per heavy atom. The lowest BCUT2D eigenvalue weighted by Crippen LogP contribution is -2.47. The minimum absolute atomic E-state index is 0.663. The fourth-order valence-electron chi connectivity index (χ4n) is 2.22. The van der Waals surface area contributed by atoms with Gasteiger partial charge in [-0.1, -0.05) is 0 Å². The third-order valence-electron chi connectivity index (χ3n) is 3.45. The van der Waals surface area contributed by atoms with Crippen molar-refractivity contribution in [1.29, 1.82) is 0 Å². The highest BCUT2D eigenvalue weighted by Gasteiger charge is 2.17. The molecule has 1 aliphatic heterocycles. The van der Waals surface area contributed by atoms with Crippen molar-refractivity contribution in [2.24, 2.45) is 0 Å². The molecule has 1 aromatic rings. The van der Waals surface area contributed by atoms with Crippen LogP contribution in [0.2, 0.25) is 0 Å². The van der Waals surface area contributed by atoms with Crippen LogP contribution in [0.1, 0.15) is 0 Å². The van der Waals surface area contributed by atoms with Gasteiger partial charge < -0.3 is 20.1 Å². The highest BCUT2D eigenvalue weighted by atomic mass is 16.5. The lowest BCUT2D eigenvalue weighted by molar-refractivity contribution is 0.0563. The summed E-state index contributed by atoms with van der Waals surface area (Å²) in [6, 6.07) is 3.89. The average Bonchev–Trinajstić information content (AvgIpc) is 2.49. The lowest BCUT2D eigenvalue weighted by atomic mass is 10.3. The summed E-state index contributed by atoms with van der Waals surface area (Å²) < 4.78 is 10.4. The molecule has 1 saturated heterocycles. The molecule has 1 fully saturated rings. The summed E-state index contributed by atoms with van der Waals surface area (Å²) in [5.74, 6) is 1.01. The number of hydrogen-bond donors (Lipinski definition) is 1. The summed E-state index contributed by atoms with van der Waals surface area (Å²) in [7, 11) is 1.69. The smallest absolute Gasteiger partial charge is 0.128 e. The van der Waals surface area contributed by atoms with Crippen LogP contribution in [0.15, 0.2) is 18.3 Å². The highest BCUT2D eigenvalue weighted by Crippen LogP contribution is 2.14. The van der Waals surface area contributed by atoms with Crippen LogP contribution in [0.5, 0.6) is 0 Å². The SMILES string of the molecule is COCCOCCN1CCN(c2ccc(N)cn2)CC1. The first-order valence-electron chi connectivity index (χ1n) is 7.05. The van der Waals surface area contributed by atoms with E-state index in [1.54, 1.807) is 13.3 Å². The molecule has 20 heavy (non-hydrogen) atoms. The van der Waals surface area contributed by atoms with Crippen molar-refractivity contribution in [3.8, 4) is 0 Å². The van der Waals surface area contributed by atoms with Crippen LogP contribution in [0.4, 0.5) is 11.5 Å². The molecule has 2 heterocycles. The number of anilines is 2. The van der Waals surface area contributed by atoms with Crippen LogP contribution in [0.3, 0.4) is 0 Å². The summed E-state index contributed by atoms with van der Waals surface area (Å²) in [4.78, 5) is 9.08. The van der Waals surface area contributed by atoms with Gasteiger partial charge in [0.1, 0.15) is 5.82 Å². The number of nitrogens with two attached hydrogens (primary N) is 1. The lowest BCUT2D eigenvalue weighted by Gasteiger charge is -2.35. The van der Waals surface area contributed by atoms with E-state index in [2.05, 4.69) is 14.8 Å². The molecule has 0 aliphatic carbocycles. The standard InChI is InChI=1S/C14H24N4O2/c1-19-10-11-20-9-8-17-4-6-18(7-5-17)14-3-2-13(15)12-16-14/h2-3,12H,4-11,15H2,1H3. The normalized spacial score (nSPS) is 16.6. The van der Waals surface area contributed by atoms with Gasteiger partial charge in [-0.15, -0.1) is 0 Å². The Morgan fingerprint density at radius 1 is 1.15 bits per heavy atom.